The van der Waals surface area contributed by atoms with Crippen LogP contribution in [-0.2, 0) is 19.1 Å². The first-order chi connectivity index (χ1) is 20.8. The van der Waals surface area contributed by atoms with Crippen molar-refractivity contribution in [3.8, 4) is 17.2 Å². The monoisotopic (exact) mass is 632 g/mol. The Kier molecular flexibility index (Phi) is 12.3. The molecule has 1 N–H and O–H groups in total. The molecule has 2 aromatic carbocycles. The molecule has 0 aromatic heterocycles. The smallest absolute Gasteiger partial charge is 0.310 e. The number of rotatable bonds is 12. The van der Waals surface area contributed by atoms with E-state index in [2.05, 4.69) is 0 Å². The first-order valence-electron chi connectivity index (χ1n) is 14.9. The Labute approximate surface area is 265 Å². The van der Waals surface area contributed by atoms with Crippen molar-refractivity contribution < 1.29 is 38.4 Å². The molecule has 0 unspecified atom stereocenters. The average Bonchev–Trinajstić information content (AvgIpc) is 3.00. The van der Waals surface area contributed by atoms with E-state index in [1.54, 1.807) is 47.1 Å². The van der Waals surface area contributed by atoms with Gasteiger partial charge in [-0.05, 0) is 37.3 Å². The highest BCUT2D eigenvalue weighted by molar-refractivity contribution is 6.31. The lowest BCUT2D eigenvalue weighted by Crippen LogP contribution is -2.43. The van der Waals surface area contributed by atoms with Crippen molar-refractivity contribution >= 4 is 35.1 Å². The highest BCUT2D eigenvalue weighted by atomic mass is 35.5. The maximum atomic E-state index is 14.0. The Morgan fingerprint density at radius 2 is 1.75 bits per heavy atom. The Morgan fingerprint density at radius 1 is 1.05 bits per heavy atom. The molecule has 242 valence electrons. The number of esters is 1. The van der Waals surface area contributed by atoms with Gasteiger partial charge in [0, 0.05) is 54.7 Å². The van der Waals surface area contributed by atoms with Crippen LogP contribution < -0.4 is 19.1 Å². The van der Waals surface area contributed by atoms with Gasteiger partial charge in [0.15, 0.2) is 11.5 Å². The quantitative estimate of drug-likeness (QED) is 0.309. The predicted molar refractivity (Wildman–Crippen MR) is 169 cm³/mol. The van der Waals surface area contributed by atoms with Gasteiger partial charge < -0.3 is 33.9 Å². The molecule has 1 fully saturated rings. The molecule has 1 saturated heterocycles. The van der Waals surface area contributed by atoms with Crippen LogP contribution in [0, 0.1) is 11.3 Å². The van der Waals surface area contributed by atoms with Crippen LogP contribution in [0.3, 0.4) is 0 Å². The van der Waals surface area contributed by atoms with Crippen LogP contribution in [0.1, 0.15) is 70.6 Å². The highest BCUT2D eigenvalue weighted by Crippen LogP contribution is 2.45. The number of para-hydroxylation sites is 1. The molecule has 1 aliphatic heterocycles. The van der Waals surface area contributed by atoms with Crippen molar-refractivity contribution in [2.24, 2.45) is 11.3 Å². The molecule has 2 amide bonds. The van der Waals surface area contributed by atoms with Gasteiger partial charge in [0.25, 0.3) is 0 Å². The lowest BCUT2D eigenvalue weighted by Gasteiger charge is -2.34. The van der Waals surface area contributed by atoms with Gasteiger partial charge in [-0.2, -0.15) is 0 Å². The number of methoxy groups -OCH3 is 3. The molecule has 0 bridgehead atoms. The van der Waals surface area contributed by atoms with Crippen LogP contribution in [0.5, 0.6) is 17.2 Å². The van der Waals surface area contributed by atoms with E-state index in [-0.39, 0.29) is 61.7 Å². The standard InChI is InChI=1S/C33H45ClN2O8/c1-8-44-32(40)21-11-10-16-35(19-21)27(37)14-15-28(38)36(20-33(2,3)4)29-24(17-22(34)18-26(29)42-6)30(39)23-12-9-13-25(41-5)31(23)43-7/h9,12-13,17-18,21,30,39H,8,10-11,14-16,19-20H2,1-7H3/t21-,30+/m0/s1. The molecule has 0 spiro atoms. The summed E-state index contributed by atoms with van der Waals surface area (Å²) in [6.45, 7) is 9.09. The second-order valence-electron chi connectivity index (χ2n) is 12.0. The summed E-state index contributed by atoms with van der Waals surface area (Å²) in [6, 6.07) is 8.35. The first-order valence-corrected chi connectivity index (χ1v) is 15.2. The summed E-state index contributed by atoms with van der Waals surface area (Å²) in [6.07, 6.45) is -0.0320. The number of piperidine rings is 1. The molecule has 3 rings (SSSR count). The lowest BCUT2D eigenvalue weighted by atomic mass is 9.93. The molecule has 0 saturated carbocycles. The van der Waals surface area contributed by atoms with Gasteiger partial charge in [0.1, 0.15) is 11.9 Å². The van der Waals surface area contributed by atoms with Crippen molar-refractivity contribution in [1.82, 2.24) is 4.90 Å². The number of benzene rings is 2. The fourth-order valence-electron chi connectivity index (χ4n) is 5.47. The molecule has 1 heterocycles. The van der Waals surface area contributed by atoms with Crippen LogP contribution >= 0.6 is 11.6 Å². The third kappa shape index (κ3) is 8.57. The fourth-order valence-corrected chi connectivity index (χ4v) is 5.69. The van der Waals surface area contributed by atoms with Gasteiger partial charge in [-0.25, -0.2) is 0 Å². The van der Waals surface area contributed by atoms with Crippen LogP contribution in [0.2, 0.25) is 5.02 Å². The fraction of sp³-hybridized carbons (Fsp3) is 0.545. The van der Waals surface area contributed by atoms with Gasteiger partial charge in [-0.15, -0.1) is 0 Å². The summed E-state index contributed by atoms with van der Waals surface area (Å²) in [5, 5.41) is 12.1. The molecule has 0 aliphatic carbocycles. The minimum atomic E-state index is -1.27. The van der Waals surface area contributed by atoms with Gasteiger partial charge in [-0.1, -0.05) is 44.5 Å². The number of carbonyl (C=O) groups is 3. The van der Waals surface area contributed by atoms with Crippen LogP contribution in [-0.4, -0.2) is 75.4 Å². The number of aliphatic hydroxyl groups excluding tert-OH is 1. The van der Waals surface area contributed by atoms with E-state index in [9.17, 15) is 19.5 Å². The Hall–Kier alpha value is -3.50. The normalized spacial score (nSPS) is 15.8. The molecule has 11 heteroatoms. The molecule has 2 atom stereocenters. The van der Waals surface area contributed by atoms with Crippen molar-refractivity contribution in [2.45, 2.75) is 59.5 Å². The van der Waals surface area contributed by atoms with Gasteiger partial charge in [0.05, 0.1) is 39.5 Å². The second kappa shape index (κ2) is 15.5. The van der Waals surface area contributed by atoms with Gasteiger partial charge in [0.2, 0.25) is 11.8 Å². The van der Waals surface area contributed by atoms with Crippen molar-refractivity contribution in [3.05, 3.63) is 46.5 Å². The van der Waals surface area contributed by atoms with Crippen LogP contribution in [0.15, 0.2) is 30.3 Å². The number of halogens is 1. The van der Waals surface area contributed by atoms with Gasteiger partial charge in [-0.3, -0.25) is 14.4 Å². The topological polar surface area (TPSA) is 115 Å². The number of nitrogens with zero attached hydrogens (tertiary/aromatic N) is 2. The predicted octanol–water partition coefficient (Wildman–Crippen LogP) is 5.41. The summed E-state index contributed by atoms with van der Waals surface area (Å²) < 4.78 is 21.9. The molecule has 44 heavy (non-hydrogen) atoms. The van der Waals surface area contributed by atoms with E-state index in [4.69, 9.17) is 30.5 Å². The summed E-state index contributed by atoms with van der Waals surface area (Å²) in [4.78, 5) is 42.7. The zero-order chi connectivity index (χ0) is 32.6. The van der Waals surface area contributed by atoms with E-state index < -0.39 is 6.10 Å². The number of anilines is 1. The molecule has 1 aliphatic rings. The van der Waals surface area contributed by atoms with E-state index in [0.717, 1.165) is 0 Å². The molecular weight excluding hydrogens is 588 g/mol. The first kappa shape index (κ1) is 35.0. The highest BCUT2D eigenvalue weighted by Gasteiger charge is 2.33. The number of aliphatic hydroxyl groups is 1. The largest absolute Gasteiger partial charge is 0.495 e. The molecule has 2 aromatic rings. The molecule has 10 nitrogen and oxygen atoms in total. The number of amides is 2. The van der Waals surface area contributed by atoms with Crippen LogP contribution in [0.25, 0.3) is 0 Å². The zero-order valence-electron chi connectivity index (χ0n) is 26.8. The zero-order valence-corrected chi connectivity index (χ0v) is 27.5. The van der Waals surface area contributed by atoms with Gasteiger partial charge >= 0.3 is 5.97 Å². The van der Waals surface area contributed by atoms with Crippen molar-refractivity contribution in [2.75, 3.05) is 52.5 Å². The summed E-state index contributed by atoms with van der Waals surface area (Å²) in [7, 11) is 4.46. The number of ether oxygens (including phenoxy) is 4. The third-order valence-electron chi connectivity index (χ3n) is 7.46. The number of carbonyl (C=O) groups excluding carboxylic acids is 3. The summed E-state index contributed by atoms with van der Waals surface area (Å²) >= 11 is 6.49. The van der Waals surface area contributed by atoms with E-state index >= 15 is 0 Å². The van der Waals surface area contributed by atoms with E-state index in [1.165, 1.54) is 21.3 Å². The Bertz CT molecular complexity index is 1330. The maximum Gasteiger partial charge on any atom is 0.310 e. The SMILES string of the molecule is CCOC(=O)[C@H]1CCCN(C(=O)CCC(=O)N(CC(C)(C)C)c2c(OC)cc(Cl)cc2[C@H](O)c2cccc(OC)c2OC)C1. The number of likely N-dealkylation sites (tertiary alicyclic amines) is 1. The number of hydrogen-bond acceptors (Lipinski definition) is 8. The molecular formula is C33H45ClN2O8. The molecule has 0 radical (unpaired) electrons. The maximum absolute atomic E-state index is 14.0. The third-order valence-corrected chi connectivity index (χ3v) is 7.68. The Balaban J connectivity index is 1.98. The summed E-state index contributed by atoms with van der Waals surface area (Å²) in [5.74, 6) is -0.113. The van der Waals surface area contributed by atoms with E-state index in [1.807, 2.05) is 20.8 Å². The lowest BCUT2D eigenvalue weighted by molar-refractivity contribution is -0.151. The second-order valence-corrected chi connectivity index (χ2v) is 12.4. The Morgan fingerprint density at radius 3 is 2.36 bits per heavy atom. The minimum absolute atomic E-state index is 0.0352. The average molecular weight is 633 g/mol. The van der Waals surface area contributed by atoms with Crippen molar-refractivity contribution in [1.29, 1.82) is 0 Å². The van der Waals surface area contributed by atoms with Crippen LogP contribution in [0.4, 0.5) is 5.69 Å². The number of hydrogen-bond donors (Lipinski definition) is 1. The van der Waals surface area contributed by atoms with E-state index in [0.29, 0.717) is 58.5 Å². The van der Waals surface area contributed by atoms with Crippen molar-refractivity contribution in [3.63, 3.8) is 0 Å². The minimum Gasteiger partial charge on any atom is -0.495 e. The summed E-state index contributed by atoms with van der Waals surface area (Å²) in [5.41, 5.74) is 0.733.